The van der Waals surface area contributed by atoms with Gasteiger partial charge in [-0.05, 0) is 22.9 Å². The van der Waals surface area contributed by atoms with Gasteiger partial charge in [-0.2, -0.15) is 0 Å². The molecule has 0 aliphatic heterocycles. The van der Waals surface area contributed by atoms with Gasteiger partial charge >= 0.3 is 0 Å². The Morgan fingerprint density at radius 3 is 3.00 bits per heavy atom. The van der Waals surface area contributed by atoms with Gasteiger partial charge in [0, 0.05) is 0 Å². The Kier molecular flexibility index (Phi) is 1.73. The number of nitrogen functional groups attached to an aromatic ring is 1. The summed E-state index contributed by atoms with van der Waals surface area (Å²) in [6.07, 6.45) is 0. The predicted octanol–water partition coefficient (Wildman–Crippen LogP) is 2.91. The van der Waals surface area contributed by atoms with Crippen LogP contribution in [0.3, 0.4) is 0 Å². The Labute approximate surface area is 78.4 Å². The number of fused-ring (bicyclic) bond motifs is 1. The maximum atomic E-state index is 13.0. The van der Waals surface area contributed by atoms with Crippen molar-refractivity contribution in [3.63, 3.8) is 0 Å². The molecule has 1 nitrogen and oxygen atoms in total. The zero-order valence-corrected chi connectivity index (χ0v) is 7.75. The first-order valence-corrected chi connectivity index (χ1v) is 4.67. The molecule has 0 aliphatic rings. The second kappa shape index (κ2) is 2.64. The second-order valence-electron chi connectivity index (χ2n) is 2.46. The monoisotopic (exact) mass is 199 g/mol. The number of hydrogen-bond donors (Lipinski definition) is 2. The Morgan fingerprint density at radius 2 is 2.25 bits per heavy atom. The van der Waals surface area contributed by atoms with Crippen LogP contribution in [0.1, 0.15) is 0 Å². The van der Waals surface area contributed by atoms with Crippen LogP contribution in [0.5, 0.6) is 0 Å². The van der Waals surface area contributed by atoms with E-state index >= 15 is 0 Å². The quantitative estimate of drug-likeness (QED) is 0.495. The van der Waals surface area contributed by atoms with Crippen LogP contribution in [0.15, 0.2) is 22.4 Å². The summed E-state index contributed by atoms with van der Waals surface area (Å²) in [5.41, 5.74) is 6.09. The molecule has 2 N–H and O–H groups in total. The van der Waals surface area contributed by atoms with Crippen LogP contribution in [0.2, 0.25) is 0 Å². The van der Waals surface area contributed by atoms with E-state index in [2.05, 4.69) is 12.6 Å². The number of thiophene rings is 1. The van der Waals surface area contributed by atoms with Gasteiger partial charge in [0.05, 0.1) is 15.3 Å². The maximum Gasteiger partial charge on any atom is 0.139 e. The Morgan fingerprint density at radius 1 is 1.50 bits per heavy atom. The first kappa shape index (κ1) is 7.89. The average Bonchev–Trinajstić information content (AvgIpc) is 2.48. The summed E-state index contributed by atoms with van der Waals surface area (Å²) in [4.78, 5) is 0.241. The zero-order valence-electron chi connectivity index (χ0n) is 6.04. The number of thiol groups is 1. The number of rotatable bonds is 0. The lowest BCUT2D eigenvalue weighted by Gasteiger charge is -2.01. The molecule has 4 heteroatoms. The van der Waals surface area contributed by atoms with Crippen LogP contribution in [0.4, 0.5) is 10.1 Å². The van der Waals surface area contributed by atoms with E-state index in [0.717, 1.165) is 10.1 Å². The Hall–Kier alpha value is -0.740. The van der Waals surface area contributed by atoms with Crippen molar-refractivity contribution in [2.45, 2.75) is 4.90 Å². The van der Waals surface area contributed by atoms with Crippen molar-refractivity contribution >= 4 is 39.7 Å². The van der Waals surface area contributed by atoms with E-state index in [-0.39, 0.29) is 10.7 Å². The molecule has 0 radical (unpaired) electrons. The highest BCUT2D eigenvalue weighted by atomic mass is 32.1. The molecule has 2 rings (SSSR count). The number of anilines is 1. The van der Waals surface area contributed by atoms with Crippen LogP contribution in [-0.2, 0) is 0 Å². The molecular formula is C8H6FNS2. The molecule has 0 atom stereocenters. The van der Waals surface area contributed by atoms with E-state index in [9.17, 15) is 4.39 Å². The maximum absolute atomic E-state index is 13.0. The fourth-order valence-electron chi connectivity index (χ4n) is 1.09. The average molecular weight is 199 g/mol. The molecule has 0 unspecified atom stereocenters. The fourth-order valence-corrected chi connectivity index (χ4v) is 2.19. The molecule has 0 saturated heterocycles. The third-order valence-electron chi connectivity index (χ3n) is 1.70. The molecule has 62 valence electrons. The topological polar surface area (TPSA) is 26.0 Å². The Bertz CT molecular complexity index is 436. The minimum atomic E-state index is -0.360. The zero-order chi connectivity index (χ0) is 8.72. The normalized spacial score (nSPS) is 10.8. The predicted molar refractivity (Wildman–Crippen MR) is 53.4 cm³/mol. The molecule has 1 heterocycles. The summed E-state index contributed by atoms with van der Waals surface area (Å²) < 4.78 is 13.9. The van der Waals surface area contributed by atoms with E-state index in [1.165, 1.54) is 17.4 Å². The molecule has 1 aromatic heterocycles. The van der Waals surface area contributed by atoms with Crippen LogP contribution in [0, 0.1) is 5.82 Å². The van der Waals surface area contributed by atoms with Gasteiger partial charge in [-0.1, -0.05) is 0 Å². The van der Waals surface area contributed by atoms with E-state index in [1.54, 1.807) is 0 Å². The molecule has 0 fully saturated rings. The van der Waals surface area contributed by atoms with E-state index in [1.807, 2.05) is 11.4 Å². The molecule has 0 spiro atoms. The summed E-state index contributed by atoms with van der Waals surface area (Å²) in [5.74, 6) is -0.360. The van der Waals surface area contributed by atoms with Crippen LogP contribution < -0.4 is 5.73 Å². The highest BCUT2D eigenvalue weighted by Crippen LogP contribution is 2.33. The number of hydrogen-bond acceptors (Lipinski definition) is 3. The van der Waals surface area contributed by atoms with Gasteiger partial charge in [-0.25, -0.2) is 4.39 Å². The lowest BCUT2D eigenvalue weighted by Crippen LogP contribution is -1.89. The largest absolute Gasteiger partial charge is 0.397 e. The Balaban J connectivity index is 2.94. The molecule has 12 heavy (non-hydrogen) atoms. The SMILES string of the molecule is Nc1c(S)c(F)cc2ccsc12. The molecule has 0 bridgehead atoms. The highest BCUT2D eigenvalue weighted by molar-refractivity contribution is 7.80. The smallest absolute Gasteiger partial charge is 0.139 e. The summed E-state index contributed by atoms with van der Waals surface area (Å²) in [7, 11) is 0. The van der Waals surface area contributed by atoms with Gasteiger partial charge in [-0.15, -0.1) is 24.0 Å². The van der Waals surface area contributed by atoms with E-state index < -0.39 is 0 Å². The van der Waals surface area contributed by atoms with Crippen LogP contribution in [-0.4, -0.2) is 0 Å². The minimum Gasteiger partial charge on any atom is -0.397 e. The summed E-state index contributed by atoms with van der Waals surface area (Å²) in [6, 6.07) is 3.29. The molecular weight excluding hydrogens is 193 g/mol. The summed E-state index contributed by atoms with van der Waals surface area (Å²) >= 11 is 5.47. The highest BCUT2D eigenvalue weighted by Gasteiger charge is 2.08. The van der Waals surface area contributed by atoms with Gasteiger partial charge in [0.25, 0.3) is 0 Å². The van der Waals surface area contributed by atoms with Gasteiger partial charge < -0.3 is 5.73 Å². The molecule has 1 aromatic carbocycles. The summed E-state index contributed by atoms with van der Waals surface area (Å²) in [5, 5.41) is 2.72. The third-order valence-corrected chi connectivity index (χ3v) is 3.12. The van der Waals surface area contributed by atoms with Gasteiger partial charge in [0.1, 0.15) is 5.82 Å². The number of benzene rings is 1. The first-order valence-electron chi connectivity index (χ1n) is 3.34. The molecule has 0 saturated carbocycles. The van der Waals surface area contributed by atoms with Crippen molar-refractivity contribution < 1.29 is 4.39 Å². The van der Waals surface area contributed by atoms with Crippen molar-refractivity contribution in [3.05, 3.63) is 23.3 Å². The minimum absolute atomic E-state index is 0.241. The second-order valence-corrected chi connectivity index (χ2v) is 3.82. The van der Waals surface area contributed by atoms with Gasteiger partial charge in [0.2, 0.25) is 0 Å². The lowest BCUT2D eigenvalue weighted by molar-refractivity contribution is 0.606. The van der Waals surface area contributed by atoms with Crippen molar-refractivity contribution in [1.82, 2.24) is 0 Å². The van der Waals surface area contributed by atoms with Crippen molar-refractivity contribution in [2.24, 2.45) is 0 Å². The van der Waals surface area contributed by atoms with E-state index in [4.69, 9.17) is 5.73 Å². The number of nitrogens with two attached hydrogens (primary N) is 1. The van der Waals surface area contributed by atoms with Crippen molar-refractivity contribution in [2.75, 3.05) is 5.73 Å². The van der Waals surface area contributed by atoms with Gasteiger partial charge in [-0.3, -0.25) is 0 Å². The summed E-state index contributed by atoms with van der Waals surface area (Å²) in [6.45, 7) is 0. The molecule has 2 aromatic rings. The van der Waals surface area contributed by atoms with E-state index in [0.29, 0.717) is 5.69 Å². The third kappa shape index (κ3) is 0.990. The number of halogens is 1. The standard InChI is InChI=1S/C8H6FNS2/c9-5-3-4-1-2-12-8(4)6(10)7(5)11/h1-3,11H,10H2. The lowest BCUT2D eigenvalue weighted by atomic mass is 10.2. The van der Waals surface area contributed by atoms with Crippen molar-refractivity contribution in [3.8, 4) is 0 Å². The van der Waals surface area contributed by atoms with Gasteiger partial charge in [0.15, 0.2) is 0 Å². The van der Waals surface area contributed by atoms with Crippen LogP contribution >= 0.6 is 24.0 Å². The van der Waals surface area contributed by atoms with Crippen LogP contribution in [0.25, 0.3) is 10.1 Å². The fraction of sp³-hybridized carbons (Fsp3) is 0. The first-order chi connectivity index (χ1) is 5.70. The molecule has 0 aliphatic carbocycles. The van der Waals surface area contributed by atoms with Crippen molar-refractivity contribution in [1.29, 1.82) is 0 Å². The molecule has 0 amide bonds.